The molecule has 1 fully saturated rings. The van der Waals surface area contributed by atoms with Crippen LogP contribution in [0.2, 0.25) is 0 Å². The van der Waals surface area contributed by atoms with E-state index in [2.05, 4.69) is 68.2 Å². The fraction of sp³-hybridized carbons (Fsp3) is 0.500. The maximum atomic E-state index is 13.3. The van der Waals surface area contributed by atoms with E-state index < -0.39 is 0 Å². The molecule has 2 aliphatic heterocycles. The summed E-state index contributed by atoms with van der Waals surface area (Å²) in [5.41, 5.74) is 4.38. The summed E-state index contributed by atoms with van der Waals surface area (Å²) in [4.78, 5) is 22.3. The van der Waals surface area contributed by atoms with Gasteiger partial charge in [0.1, 0.15) is 0 Å². The quantitative estimate of drug-likeness (QED) is 0.868. The number of hydrogen-bond donors (Lipinski definition) is 1. The van der Waals surface area contributed by atoms with Crippen molar-refractivity contribution in [3.63, 3.8) is 0 Å². The molecule has 0 bridgehead atoms. The Kier molecular flexibility index (Phi) is 5.45. The molecule has 4 rings (SSSR count). The Bertz CT molecular complexity index is 880. The molecule has 154 valence electrons. The molecule has 1 amide bonds. The Balaban J connectivity index is 1.59. The smallest absolute Gasteiger partial charge is 0.241 e. The number of hydrogen-bond acceptors (Lipinski definition) is 4. The summed E-state index contributed by atoms with van der Waals surface area (Å²) in [7, 11) is 0. The first-order valence-electron chi connectivity index (χ1n) is 10.7. The third-order valence-electron chi connectivity index (χ3n) is 6.33. The molecule has 1 N–H and O–H groups in total. The first-order chi connectivity index (χ1) is 13.8. The number of pyridine rings is 1. The van der Waals surface area contributed by atoms with Gasteiger partial charge in [-0.2, -0.15) is 0 Å². The molecule has 0 aliphatic carbocycles. The van der Waals surface area contributed by atoms with Crippen molar-refractivity contribution >= 4 is 11.6 Å². The highest BCUT2D eigenvalue weighted by Crippen LogP contribution is 2.41. The number of fused-ring (bicyclic) bond motifs is 1. The van der Waals surface area contributed by atoms with Crippen LogP contribution in [0, 0.1) is 0 Å². The Morgan fingerprint density at radius 2 is 2.07 bits per heavy atom. The van der Waals surface area contributed by atoms with Crippen molar-refractivity contribution < 1.29 is 4.79 Å². The first-order valence-corrected chi connectivity index (χ1v) is 10.7. The second-order valence-electron chi connectivity index (χ2n) is 9.21. The molecular weight excluding hydrogens is 360 g/mol. The number of carbonyl (C=O) groups excluding carboxylic acids is 1. The van der Waals surface area contributed by atoms with Gasteiger partial charge in [0.15, 0.2) is 0 Å². The van der Waals surface area contributed by atoms with E-state index in [0.717, 1.165) is 31.0 Å². The molecule has 5 nitrogen and oxygen atoms in total. The summed E-state index contributed by atoms with van der Waals surface area (Å²) in [6.45, 7) is 12.7. The van der Waals surface area contributed by atoms with Crippen molar-refractivity contribution in [2.24, 2.45) is 0 Å². The summed E-state index contributed by atoms with van der Waals surface area (Å²) >= 11 is 0. The van der Waals surface area contributed by atoms with Crippen molar-refractivity contribution in [1.82, 2.24) is 15.2 Å². The molecule has 1 saturated heterocycles. The largest absolute Gasteiger partial charge is 0.312 e. The van der Waals surface area contributed by atoms with Crippen molar-refractivity contribution in [2.75, 3.05) is 37.6 Å². The number of anilines is 1. The Labute approximate surface area is 174 Å². The van der Waals surface area contributed by atoms with E-state index in [1.54, 1.807) is 0 Å². The van der Waals surface area contributed by atoms with Crippen molar-refractivity contribution in [1.29, 1.82) is 0 Å². The lowest BCUT2D eigenvalue weighted by atomic mass is 9.87. The van der Waals surface area contributed by atoms with Gasteiger partial charge >= 0.3 is 0 Å². The van der Waals surface area contributed by atoms with Crippen LogP contribution in [0.25, 0.3) is 0 Å². The van der Waals surface area contributed by atoms with Crippen LogP contribution in [-0.4, -0.2) is 54.6 Å². The number of nitrogens with one attached hydrogen (secondary N) is 1. The highest BCUT2D eigenvalue weighted by molar-refractivity contribution is 5.97. The lowest BCUT2D eigenvalue weighted by molar-refractivity contribution is -0.120. The Morgan fingerprint density at radius 1 is 1.31 bits per heavy atom. The highest BCUT2D eigenvalue weighted by atomic mass is 16.2. The number of rotatable bonds is 4. The SMILES string of the molecule is CC1CN(CC(=O)N2CC(C)(C)c3cnc(C(C)c4ccccc4)cc32)CCN1. The second kappa shape index (κ2) is 7.88. The lowest BCUT2D eigenvalue weighted by Gasteiger charge is -2.32. The number of carbonyl (C=O) groups is 1. The maximum Gasteiger partial charge on any atom is 0.241 e. The zero-order valence-electron chi connectivity index (χ0n) is 18.0. The minimum Gasteiger partial charge on any atom is -0.312 e. The van der Waals surface area contributed by atoms with Gasteiger partial charge in [0.05, 0.1) is 12.2 Å². The van der Waals surface area contributed by atoms with Crippen LogP contribution in [-0.2, 0) is 10.2 Å². The van der Waals surface area contributed by atoms with E-state index >= 15 is 0 Å². The molecule has 0 saturated carbocycles. The molecule has 1 aromatic carbocycles. The normalized spacial score (nSPS) is 22.3. The molecule has 2 atom stereocenters. The van der Waals surface area contributed by atoms with E-state index in [1.165, 1.54) is 11.1 Å². The van der Waals surface area contributed by atoms with Crippen molar-refractivity contribution in [2.45, 2.75) is 45.1 Å². The number of amides is 1. The summed E-state index contributed by atoms with van der Waals surface area (Å²) in [6.07, 6.45) is 1.99. The monoisotopic (exact) mass is 392 g/mol. The molecule has 0 spiro atoms. The number of nitrogens with zero attached hydrogens (tertiary/aromatic N) is 3. The zero-order valence-corrected chi connectivity index (χ0v) is 18.0. The summed E-state index contributed by atoms with van der Waals surface area (Å²) in [5, 5.41) is 3.44. The maximum absolute atomic E-state index is 13.3. The number of aromatic nitrogens is 1. The van der Waals surface area contributed by atoms with Gasteiger partial charge in [-0.15, -0.1) is 0 Å². The van der Waals surface area contributed by atoms with Gasteiger partial charge in [0.25, 0.3) is 0 Å². The average Bonchev–Trinajstić information content (AvgIpc) is 2.99. The molecular formula is C24H32N4O. The standard InChI is InChI=1S/C24H32N4O/c1-17-14-27(11-10-25-17)15-23(29)28-16-24(3,4)20-13-26-21(12-22(20)28)18(2)19-8-6-5-7-9-19/h5-9,12-13,17-18,25H,10-11,14-16H2,1-4H3. The minimum absolute atomic E-state index is 0.0801. The third kappa shape index (κ3) is 4.07. The lowest BCUT2D eigenvalue weighted by Crippen LogP contribution is -2.52. The third-order valence-corrected chi connectivity index (χ3v) is 6.33. The van der Waals surface area contributed by atoms with Crippen LogP contribution in [0.1, 0.15) is 50.4 Å². The average molecular weight is 393 g/mol. The van der Waals surface area contributed by atoms with Gasteiger partial charge in [0, 0.05) is 61.0 Å². The predicted molar refractivity (Wildman–Crippen MR) is 117 cm³/mol. The van der Waals surface area contributed by atoms with Crippen LogP contribution in [0.3, 0.4) is 0 Å². The molecule has 0 radical (unpaired) electrons. The summed E-state index contributed by atoms with van der Waals surface area (Å²) < 4.78 is 0. The van der Waals surface area contributed by atoms with E-state index in [-0.39, 0.29) is 17.2 Å². The van der Waals surface area contributed by atoms with Gasteiger partial charge < -0.3 is 10.2 Å². The zero-order chi connectivity index (χ0) is 20.6. The fourth-order valence-electron chi connectivity index (χ4n) is 4.57. The number of benzene rings is 1. The molecule has 2 unspecified atom stereocenters. The molecule has 3 heterocycles. The van der Waals surface area contributed by atoms with E-state index in [9.17, 15) is 4.79 Å². The molecule has 2 aliphatic rings. The van der Waals surface area contributed by atoms with Gasteiger partial charge in [-0.25, -0.2) is 0 Å². The Morgan fingerprint density at radius 3 is 2.79 bits per heavy atom. The highest BCUT2D eigenvalue weighted by Gasteiger charge is 2.39. The predicted octanol–water partition coefficient (Wildman–Crippen LogP) is 3.15. The topological polar surface area (TPSA) is 48.5 Å². The molecule has 29 heavy (non-hydrogen) atoms. The van der Waals surface area contributed by atoms with Crippen molar-refractivity contribution in [3.8, 4) is 0 Å². The van der Waals surface area contributed by atoms with Gasteiger partial charge in [0.2, 0.25) is 5.91 Å². The van der Waals surface area contributed by atoms with Crippen LogP contribution < -0.4 is 10.2 Å². The fourth-order valence-corrected chi connectivity index (χ4v) is 4.57. The van der Waals surface area contributed by atoms with E-state index in [0.29, 0.717) is 19.1 Å². The van der Waals surface area contributed by atoms with Crippen LogP contribution in [0.5, 0.6) is 0 Å². The first kappa shape index (κ1) is 20.0. The van der Waals surface area contributed by atoms with Crippen LogP contribution >= 0.6 is 0 Å². The summed E-state index contributed by atoms with van der Waals surface area (Å²) in [5.74, 6) is 0.381. The molecule has 1 aromatic heterocycles. The van der Waals surface area contributed by atoms with Gasteiger partial charge in [-0.05, 0) is 18.6 Å². The second-order valence-corrected chi connectivity index (χ2v) is 9.21. The number of piperazine rings is 1. The van der Waals surface area contributed by atoms with Crippen molar-refractivity contribution in [3.05, 3.63) is 59.4 Å². The Hall–Kier alpha value is -2.24. The molecule has 5 heteroatoms. The summed E-state index contributed by atoms with van der Waals surface area (Å²) in [6, 6.07) is 13.0. The van der Waals surface area contributed by atoms with Crippen LogP contribution in [0.15, 0.2) is 42.6 Å². The van der Waals surface area contributed by atoms with Gasteiger partial charge in [-0.1, -0.05) is 51.1 Å². The van der Waals surface area contributed by atoms with E-state index in [4.69, 9.17) is 4.98 Å². The van der Waals surface area contributed by atoms with Gasteiger partial charge in [-0.3, -0.25) is 14.7 Å². The molecule has 2 aromatic rings. The van der Waals surface area contributed by atoms with Crippen LogP contribution in [0.4, 0.5) is 5.69 Å². The van der Waals surface area contributed by atoms with E-state index in [1.807, 2.05) is 17.2 Å². The minimum atomic E-state index is -0.0801.